The average Bonchev–Trinajstić information content (AvgIpc) is 2.24. The summed E-state index contributed by atoms with van der Waals surface area (Å²) in [5, 5.41) is 9.17. The van der Waals surface area contributed by atoms with Crippen LogP contribution in [0, 0.1) is 17.8 Å². The summed E-state index contributed by atoms with van der Waals surface area (Å²) in [5.74, 6) is 0.334. The van der Waals surface area contributed by atoms with Gasteiger partial charge in [0.05, 0.1) is 5.92 Å². The van der Waals surface area contributed by atoms with Crippen molar-refractivity contribution >= 4 is 5.97 Å². The average molecular weight is 228 g/mol. The van der Waals surface area contributed by atoms with Gasteiger partial charge in [0.1, 0.15) is 0 Å². The van der Waals surface area contributed by atoms with Gasteiger partial charge in [-0.25, -0.2) is 0 Å². The summed E-state index contributed by atoms with van der Waals surface area (Å²) >= 11 is 0. The molecule has 0 bridgehead atoms. The van der Waals surface area contributed by atoms with Crippen molar-refractivity contribution < 1.29 is 14.6 Å². The first-order valence-corrected chi connectivity index (χ1v) is 6.45. The highest BCUT2D eigenvalue weighted by Crippen LogP contribution is 2.36. The van der Waals surface area contributed by atoms with E-state index >= 15 is 0 Å². The third-order valence-corrected chi connectivity index (χ3v) is 3.63. The minimum Gasteiger partial charge on any atom is -0.481 e. The molecule has 1 N–H and O–H groups in total. The number of hydrogen-bond donors (Lipinski definition) is 1. The maximum Gasteiger partial charge on any atom is 0.306 e. The van der Waals surface area contributed by atoms with Crippen molar-refractivity contribution in [2.75, 3.05) is 13.2 Å². The zero-order valence-electron chi connectivity index (χ0n) is 10.4. The molecule has 3 nitrogen and oxygen atoms in total. The zero-order chi connectivity index (χ0) is 12.0. The predicted octanol–water partition coefficient (Wildman–Crippen LogP) is 2.94. The first-order chi connectivity index (χ1) is 7.65. The maximum atomic E-state index is 11.1. The summed E-state index contributed by atoms with van der Waals surface area (Å²) in [6.45, 7) is 5.74. The lowest BCUT2D eigenvalue weighted by Crippen LogP contribution is -2.30. The fourth-order valence-corrected chi connectivity index (χ4v) is 2.73. The molecule has 16 heavy (non-hydrogen) atoms. The van der Waals surface area contributed by atoms with Gasteiger partial charge in [-0.05, 0) is 50.9 Å². The van der Waals surface area contributed by atoms with Crippen molar-refractivity contribution in [1.29, 1.82) is 0 Å². The van der Waals surface area contributed by atoms with Crippen LogP contribution in [0.15, 0.2) is 0 Å². The van der Waals surface area contributed by atoms with E-state index in [9.17, 15) is 4.79 Å². The van der Waals surface area contributed by atoms with E-state index in [4.69, 9.17) is 9.84 Å². The van der Waals surface area contributed by atoms with Crippen LogP contribution in [0.1, 0.15) is 46.0 Å². The van der Waals surface area contributed by atoms with E-state index in [0.29, 0.717) is 11.8 Å². The zero-order valence-corrected chi connectivity index (χ0v) is 10.4. The van der Waals surface area contributed by atoms with Crippen LogP contribution >= 0.6 is 0 Å². The molecule has 0 heterocycles. The second-order valence-corrected chi connectivity index (χ2v) is 4.96. The van der Waals surface area contributed by atoms with Gasteiger partial charge < -0.3 is 9.84 Å². The molecular weight excluding hydrogens is 204 g/mol. The van der Waals surface area contributed by atoms with Gasteiger partial charge in [0, 0.05) is 13.2 Å². The Labute approximate surface area is 98.2 Å². The third-order valence-electron chi connectivity index (χ3n) is 3.63. The van der Waals surface area contributed by atoms with E-state index < -0.39 is 5.97 Å². The third kappa shape index (κ3) is 4.12. The topological polar surface area (TPSA) is 46.5 Å². The molecule has 3 unspecified atom stereocenters. The van der Waals surface area contributed by atoms with Gasteiger partial charge in [-0.1, -0.05) is 6.92 Å². The van der Waals surface area contributed by atoms with Gasteiger partial charge in [-0.15, -0.1) is 0 Å². The molecule has 94 valence electrons. The second-order valence-electron chi connectivity index (χ2n) is 4.96. The van der Waals surface area contributed by atoms with Crippen molar-refractivity contribution in [2.45, 2.75) is 46.0 Å². The first kappa shape index (κ1) is 13.5. The summed E-state index contributed by atoms with van der Waals surface area (Å²) < 4.78 is 5.30. The van der Waals surface area contributed by atoms with E-state index in [2.05, 4.69) is 6.92 Å². The van der Waals surface area contributed by atoms with Crippen LogP contribution < -0.4 is 0 Å². The van der Waals surface area contributed by atoms with Crippen LogP contribution in [0.3, 0.4) is 0 Å². The van der Waals surface area contributed by atoms with Crippen LogP contribution in [0.2, 0.25) is 0 Å². The molecule has 1 saturated carbocycles. The summed E-state index contributed by atoms with van der Waals surface area (Å²) in [4.78, 5) is 11.1. The maximum absolute atomic E-state index is 11.1. The first-order valence-electron chi connectivity index (χ1n) is 6.45. The van der Waals surface area contributed by atoms with Gasteiger partial charge in [-0.2, -0.15) is 0 Å². The number of carbonyl (C=O) groups is 1. The van der Waals surface area contributed by atoms with Crippen LogP contribution in [-0.2, 0) is 9.53 Å². The molecule has 0 amide bonds. The Bertz CT molecular complexity index is 215. The standard InChI is InChI=1S/C13H24O3/c1-3-16-8-4-5-11-9-10(2)6-7-12(11)13(14)15/h10-12H,3-9H2,1-2H3,(H,14,15). The van der Waals surface area contributed by atoms with Crippen LogP contribution in [0.5, 0.6) is 0 Å². The monoisotopic (exact) mass is 228 g/mol. The quantitative estimate of drug-likeness (QED) is 0.711. The highest BCUT2D eigenvalue weighted by atomic mass is 16.5. The molecule has 0 radical (unpaired) electrons. The van der Waals surface area contributed by atoms with Crippen molar-refractivity contribution in [3.63, 3.8) is 0 Å². The Morgan fingerprint density at radius 1 is 1.44 bits per heavy atom. The summed E-state index contributed by atoms with van der Waals surface area (Å²) in [6, 6.07) is 0. The Kier molecular flexibility index (Phi) is 5.81. The SMILES string of the molecule is CCOCCCC1CC(C)CCC1C(=O)O. The lowest BCUT2D eigenvalue weighted by atomic mass is 9.73. The lowest BCUT2D eigenvalue weighted by molar-refractivity contribution is -0.145. The van der Waals surface area contributed by atoms with Crippen LogP contribution in [0.4, 0.5) is 0 Å². The van der Waals surface area contributed by atoms with E-state index in [1.54, 1.807) is 0 Å². The molecular formula is C13H24O3. The largest absolute Gasteiger partial charge is 0.481 e. The minimum absolute atomic E-state index is 0.113. The molecule has 1 aliphatic rings. The molecule has 0 aromatic rings. The molecule has 0 aromatic heterocycles. The highest BCUT2D eigenvalue weighted by Gasteiger charge is 2.32. The molecule has 0 spiro atoms. The summed E-state index contributed by atoms with van der Waals surface area (Å²) in [5.41, 5.74) is 0. The number of hydrogen-bond acceptors (Lipinski definition) is 2. The lowest BCUT2D eigenvalue weighted by Gasteiger charge is -2.32. The molecule has 3 heteroatoms. The molecule has 1 aliphatic carbocycles. The molecule has 1 fully saturated rings. The highest BCUT2D eigenvalue weighted by molar-refractivity contribution is 5.70. The predicted molar refractivity (Wildman–Crippen MR) is 63.4 cm³/mol. The number of rotatable bonds is 6. The van der Waals surface area contributed by atoms with Crippen LogP contribution in [0.25, 0.3) is 0 Å². The second kappa shape index (κ2) is 6.89. The van der Waals surface area contributed by atoms with Crippen LogP contribution in [-0.4, -0.2) is 24.3 Å². The van der Waals surface area contributed by atoms with Crippen molar-refractivity contribution in [1.82, 2.24) is 0 Å². The van der Waals surface area contributed by atoms with Gasteiger partial charge in [0.25, 0.3) is 0 Å². The van der Waals surface area contributed by atoms with Gasteiger partial charge in [-0.3, -0.25) is 4.79 Å². The van der Waals surface area contributed by atoms with Gasteiger partial charge in [0.2, 0.25) is 0 Å². The van der Waals surface area contributed by atoms with Crippen molar-refractivity contribution in [2.24, 2.45) is 17.8 Å². The minimum atomic E-state index is -0.603. The van der Waals surface area contributed by atoms with Gasteiger partial charge >= 0.3 is 5.97 Å². The fourth-order valence-electron chi connectivity index (χ4n) is 2.73. The molecule has 1 rings (SSSR count). The molecule has 0 aromatic carbocycles. The smallest absolute Gasteiger partial charge is 0.306 e. The van der Waals surface area contributed by atoms with E-state index in [0.717, 1.165) is 45.3 Å². The Morgan fingerprint density at radius 2 is 2.19 bits per heavy atom. The van der Waals surface area contributed by atoms with Gasteiger partial charge in [0.15, 0.2) is 0 Å². The van der Waals surface area contributed by atoms with E-state index in [1.165, 1.54) is 0 Å². The number of aliphatic carboxylic acids is 1. The molecule has 0 aliphatic heterocycles. The summed E-state index contributed by atoms with van der Waals surface area (Å²) in [7, 11) is 0. The fraction of sp³-hybridized carbons (Fsp3) is 0.923. The molecule has 3 atom stereocenters. The number of carboxylic acid groups (broad SMARTS) is 1. The number of carboxylic acids is 1. The van der Waals surface area contributed by atoms with E-state index in [1.807, 2.05) is 6.92 Å². The van der Waals surface area contributed by atoms with Crippen molar-refractivity contribution in [3.05, 3.63) is 0 Å². The van der Waals surface area contributed by atoms with Crippen molar-refractivity contribution in [3.8, 4) is 0 Å². The molecule has 0 saturated heterocycles. The Hall–Kier alpha value is -0.570. The van der Waals surface area contributed by atoms with E-state index in [-0.39, 0.29) is 5.92 Å². The Morgan fingerprint density at radius 3 is 2.81 bits per heavy atom. The Balaban J connectivity index is 2.35. The number of ether oxygens (including phenoxy) is 1. The summed E-state index contributed by atoms with van der Waals surface area (Å²) in [6.07, 6.45) is 4.99. The normalized spacial score (nSPS) is 30.2.